The molecule has 0 saturated carbocycles. The Bertz CT molecular complexity index is 313. The molecular formula is C12H22N4. The SMILES string of the molecule is CC(N)c1cncn1CCN1CCCCC1. The van der Waals surface area contributed by atoms with Gasteiger partial charge in [-0.15, -0.1) is 0 Å². The lowest BCUT2D eigenvalue weighted by Gasteiger charge is -2.26. The van der Waals surface area contributed by atoms with E-state index in [1.807, 2.05) is 19.4 Å². The van der Waals surface area contributed by atoms with Gasteiger partial charge in [0.15, 0.2) is 0 Å². The molecule has 1 aromatic heterocycles. The average Bonchev–Trinajstić information content (AvgIpc) is 2.76. The van der Waals surface area contributed by atoms with Gasteiger partial charge in [0, 0.05) is 25.3 Å². The molecular weight excluding hydrogens is 200 g/mol. The molecule has 4 nitrogen and oxygen atoms in total. The lowest BCUT2D eigenvalue weighted by Crippen LogP contribution is -2.32. The van der Waals surface area contributed by atoms with Crippen molar-refractivity contribution in [3.05, 3.63) is 18.2 Å². The van der Waals surface area contributed by atoms with E-state index in [1.165, 1.54) is 32.4 Å². The van der Waals surface area contributed by atoms with Crippen LogP contribution in [0.1, 0.15) is 37.9 Å². The summed E-state index contributed by atoms with van der Waals surface area (Å²) in [7, 11) is 0. The van der Waals surface area contributed by atoms with Crippen molar-refractivity contribution in [2.75, 3.05) is 19.6 Å². The maximum atomic E-state index is 5.89. The Hall–Kier alpha value is -0.870. The van der Waals surface area contributed by atoms with Crippen LogP contribution in [0.5, 0.6) is 0 Å². The van der Waals surface area contributed by atoms with E-state index in [0.29, 0.717) is 0 Å². The van der Waals surface area contributed by atoms with Crippen molar-refractivity contribution < 1.29 is 0 Å². The molecule has 0 radical (unpaired) electrons. The fourth-order valence-corrected chi connectivity index (χ4v) is 2.33. The molecule has 1 aromatic rings. The maximum absolute atomic E-state index is 5.89. The molecule has 1 aliphatic heterocycles. The number of hydrogen-bond donors (Lipinski definition) is 1. The summed E-state index contributed by atoms with van der Waals surface area (Å²) in [5.74, 6) is 0. The Labute approximate surface area is 97.4 Å². The summed E-state index contributed by atoms with van der Waals surface area (Å²) in [5, 5.41) is 0. The van der Waals surface area contributed by atoms with E-state index < -0.39 is 0 Å². The van der Waals surface area contributed by atoms with Gasteiger partial charge < -0.3 is 15.2 Å². The second-order valence-corrected chi connectivity index (χ2v) is 4.70. The van der Waals surface area contributed by atoms with Crippen LogP contribution in [0, 0.1) is 0 Å². The minimum atomic E-state index is 0.0730. The molecule has 90 valence electrons. The Morgan fingerprint density at radius 3 is 2.75 bits per heavy atom. The zero-order chi connectivity index (χ0) is 11.4. The highest BCUT2D eigenvalue weighted by atomic mass is 15.2. The van der Waals surface area contributed by atoms with Gasteiger partial charge in [0.05, 0.1) is 12.0 Å². The molecule has 0 aliphatic carbocycles. The molecule has 0 bridgehead atoms. The lowest BCUT2D eigenvalue weighted by atomic mass is 10.1. The first-order chi connectivity index (χ1) is 7.77. The van der Waals surface area contributed by atoms with Crippen LogP contribution < -0.4 is 5.73 Å². The highest BCUT2D eigenvalue weighted by molar-refractivity contribution is 5.03. The standard InChI is InChI=1S/C12H22N4/c1-11(13)12-9-14-10-16(12)8-7-15-5-3-2-4-6-15/h9-11H,2-8,13H2,1H3. The number of rotatable bonds is 4. The smallest absolute Gasteiger partial charge is 0.0949 e. The molecule has 1 atom stereocenters. The van der Waals surface area contributed by atoms with Gasteiger partial charge in [-0.3, -0.25) is 0 Å². The number of nitrogens with zero attached hydrogens (tertiary/aromatic N) is 3. The number of imidazole rings is 1. The molecule has 1 fully saturated rings. The molecule has 1 unspecified atom stereocenters. The number of nitrogens with two attached hydrogens (primary N) is 1. The Morgan fingerprint density at radius 1 is 1.31 bits per heavy atom. The third kappa shape index (κ3) is 2.83. The van der Waals surface area contributed by atoms with E-state index in [1.54, 1.807) is 0 Å². The van der Waals surface area contributed by atoms with Gasteiger partial charge in [0.2, 0.25) is 0 Å². The fraction of sp³-hybridized carbons (Fsp3) is 0.750. The van der Waals surface area contributed by atoms with E-state index in [-0.39, 0.29) is 6.04 Å². The number of piperidine rings is 1. The average molecular weight is 222 g/mol. The van der Waals surface area contributed by atoms with Gasteiger partial charge in [-0.05, 0) is 32.9 Å². The van der Waals surface area contributed by atoms with Gasteiger partial charge in [0.1, 0.15) is 0 Å². The highest BCUT2D eigenvalue weighted by Crippen LogP contribution is 2.11. The summed E-state index contributed by atoms with van der Waals surface area (Å²) in [5.41, 5.74) is 7.03. The van der Waals surface area contributed by atoms with Crippen molar-refractivity contribution in [3.63, 3.8) is 0 Å². The van der Waals surface area contributed by atoms with Crippen LogP contribution in [0.4, 0.5) is 0 Å². The lowest BCUT2D eigenvalue weighted by molar-refractivity contribution is 0.220. The summed E-state index contributed by atoms with van der Waals surface area (Å²) in [6.07, 6.45) is 7.87. The molecule has 16 heavy (non-hydrogen) atoms. The van der Waals surface area contributed by atoms with Crippen molar-refractivity contribution >= 4 is 0 Å². The summed E-state index contributed by atoms with van der Waals surface area (Å²) in [6.45, 7) is 6.64. The predicted molar refractivity (Wildman–Crippen MR) is 65.1 cm³/mol. The number of likely N-dealkylation sites (tertiary alicyclic amines) is 1. The normalized spacial score (nSPS) is 19.9. The fourth-order valence-electron chi connectivity index (χ4n) is 2.33. The van der Waals surface area contributed by atoms with Crippen molar-refractivity contribution in [2.24, 2.45) is 5.73 Å². The Balaban J connectivity index is 1.86. The summed E-state index contributed by atoms with van der Waals surface area (Å²) < 4.78 is 2.18. The van der Waals surface area contributed by atoms with Gasteiger partial charge in [-0.2, -0.15) is 0 Å². The first-order valence-corrected chi connectivity index (χ1v) is 6.25. The molecule has 2 N–H and O–H groups in total. The Kier molecular flexibility index (Phi) is 3.96. The zero-order valence-electron chi connectivity index (χ0n) is 10.1. The van der Waals surface area contributed by atoms with Crippen LogP contribution in [-0.4, -0.2) is 34.1 Å². The quantitative estimate of drug-likeness (QED) is 0.837. The van der Waals surface area contributed by atoms with Crippen molar-refractivity contribution in [1.29, 1.82) is 0 Å². The third-order valence-electron chi connectivity index (χ3n) is 3.32. The molecule has 2 rings (SSSR count). The monoisotopic (exact) mass is 222 g/mol. The van der Waals surface area contributed by atoms with E-state index >= 15 is 0 Å². The van der Waals surface area contributed by atoms with Crippen molar-refractivity contribution in [3.8, 4) is 0 Å². The summed E-state index contributed by atoms with van der Waals surface area (Å²) >= 11 is 0. The predicted octanol–water partition coefficient (Wildman–Crippen LogP) is 1.39. The van der Waals surface area contributed by atoms with Gasteiger partial charge in [-0.1, -0.05) is 6.42 Å². The van der Waals surface area contributed by atoms with Crippen LogP contribution >= 0.6 is 0 Å². The van der Waals surface area contributed by atoms with E-state index in [2.05, 4.69) is 14.5 Å². The van der Waals surface area contributed by atoms with E-state index in [9.17, 15) is 0 Å². The van der Waals surface area contributed by atoms with Crippen LogP contribution in [0.15, 0.2) is 12.5 Å². The first-order valence-electron chi connectivity index (χ1n) is 6.25. The highest BCUT2D eigenvalue weighted by Gasteiger charge is 2.11. The summed E-state index contributed by atoms with van der Waals surface area (Å²) in [4.78, 5) is 6.71. The summed E-state index contributed by atoms with van der Waals surface area (Å²) in [6, 6.07) is 0.0730. The first kappa shape index (κ1) is 11.6. The Morgan fingerprint density at radius 2 is 2.06 bits per heavy atom. The van der Waals surface area contributed by atoms with Crippen LogP contribution in [0.25, 0.3) is 0 Å². The second-order valence-electron chi connectivity index (χ2n) is 4.70. The second kappa shape index (κ2) is 5.46. The van der Waals surface area contributed by atoms with E-state index in [4.69, 9.17) is 5.73 Å². The molecule has 1 aliphatic rings. The number of hydrogen-bond acceptors (Lipinski definition) is 3. The number of aromatic nitrogens is 2. The van der Waals surface area contributed by atoms with Crippen LogP contribution in [-0.2, 0) is 6.54 Å². The van der Waals surface area contributed by atoms with Gasteiger partial charge in [0.25, 0.3) is 0 Å². The topological polar surface area (TPSA) is 47.1 Å². The van der Waals surface area contributed by atoms with Crippen molar-refractivity contribution in [1.82, 2.24) is 14.5 Å². The molecule has 0 spiro atoms. The maximum Gasteiger partial charge on any atom is 0.0949 e. The third-order valence-corrected chi connectivity index (χ3v) is 3.32. The van der Waals surface area contributed by atoms with Gasteiger partial charge >= 0.3 is 0 Å². The molecule has 4 heteroatoms. The van der Waals surface area contributed by atoms with Crippen LogP contribution in [0.2, 0.25) is 0 Å². The molecule has 1 saturated heterocycles. The van der Waals surface area contributed by atoms with Gasteiger partial charge in [-0.25, -0.2) is 4.98 Å². The van der Waals surface area contributed by atoms with Crippen LogP contribution in [0.3, 0.4) is 0 Å². The minimum Gasteiger partial charge on any atom is -0.332 e. The largest absolute Gasteiger partial charge is 0.332 e. The zero-order valence-corrected chi connectivity index (χ0v) is 10.1. The van der Waals surface area contributed by atoms with Crippen molar-refractivity contribution in [2.45, 2.75) is 38.8 Å². The van der Waals surface area contributed by atoms with E-state index in [0.717, 1.165) is 18.8 Å². The molecule has 0 amide bonds. The molecule has 2 heterocycles. The molecule has 0 aromatic carbocycles. The minimum absolute atomic E-state index is 0.0730.